The molecule has 0 aliphatic carbocycles. The Morgan fingerprint density at radius 3 is 2.72 bits per heavy atom. The van der Waals surface area contributed by atoms with Crippen LogP contribution in [-0.4, -0.2) is 20.9 Å². The standard InChI is InChI=1S/C17H14N4O4/c1-9-6-10(2)14-13(7-9)15(17(23)18-14)19-20-16(22)11-4-3-5-12(8-11)21(24)25/h3-8,18,23H,1-2H3. The number of benzene rings is 2. The van der Waals surface area contributed by atoms with Crippen molar-refractivity contribution in [3.8, 4) is 5.88 Å². The van der Waals surface area contributed by atoms with Gasteiger partial charge in [-0.25, -0.2) is 0 Å². The maximum atomic E-state index is 12.1. The fraction of sp³-hybridized carbons (Fsp3) is 0.118. The van der Waals surface area contributed by atoms with E-state index in [9.17, 15) is 20.0 Å². The van der Waals surface area contributed by atoms with E-state index in [2.05, 4.69) is 15.2 Å². The third-order valence-electron chi connectivity index (χ3n) is 3.75. The number of amides is 1. The number of nitrogens with zero attached hydrogens (tertiary/aromatic N) is 3. The largest absolute Gasteiger partial charge is 0.493 e. The van der Waals surface area contributed by atoms with Crippen LogP contribution in [-0.2, 0) is 0 Å². The SMILES string of the molecule is Cc1cc(C)c2[nH]c(O)c(N=NC(=O)c3cccc([N+](=O)[O-])c3)c2c1. The lowest BCUT2D eigenvalue weighted by atomic mass is 10.1. The van der Waals surface area contributed by atoms with Crippen LogP contribution in [0.3, 0.4) is 0 Å². The molecule has 0 aliphatic heterocycles. The van der Waals surface area contributed by atoms with Crippen LogP contribution >= 0.6 is 0 Å². The minimum atomic E-state index is -0.734. The molecule has 0 unspecified atom stereocenters. The van der Waals surface area contributed by atoms with Crippen molar-refractivity contribution in [3.63, 3.8) is 0 Å². The van der Waals surface area contributed by atoms with Gasteiger partial charge in [-0.3, -0.25) is 14.9 Å². The van der Waals surface area contributed by atoms with Crippen LogP contribution in [0.5, 0.6) is 5.88 Å². The number of aromatic amines is 1. The second kappa shape index (κ2) is 6.16. The number of nitro benzene ring substituents is 1. The summed E-state index contributed by atoms with van der Waals surface area (Å²) in [6.07, 6.45) is 0. The number of carbonyl (C=O) groups is 1. The van der Waals surface area contributed by atoms with E-state index < -0.39 is 10.8 Å². The Balaban J connectivity index is 1.98. The summed E-state index contributed by atoms with van der Waals surface area (Å²) >= 11 is 0. The number of hydrogen-bond acceptors (Lipinski definition) is 5. The Morgan fingerprint density at radius 1 is 1.24 bits per heavy atom. The van der Waals surface area contributed by atoms with Crippen molar-refractivity contribution < 1.29 is 14.8 Å². The van der Waals surface area contributed by atoms with E-state index in [1.54, 1.807) is 0 Å². The first-order chi connectivity index (χ1) is 11.9. The molecule has 3 aromatic rings. The Kier molecular flexibility index (Phi) is 4.02. The summed E-state index contributed by atoms with van der Waals surface area (Å²) < 4.78 is 0. The van der Waals surface area contributed by atoms with Crippen LogP contribution in [0.2, 0.25) is 0 Å². The highest BCUT2D eigenvalue weighted by molar-refractivity contribution is 5.98. The molecule has 8 heteroatoms. The van der Waals surface area contributed by atoms with Gasteiger partial charge >= 0.3 is 0 Å². The van der Waals surface area contributed by atoms with Crippen LogP contribution in [0, 0.1) is 24.0 Å². The Hall–Kier alpha value is -3.55. The monoisotopic (exact) mass is 338 g/mol. The molecule has 2 aromatic carbocycles. The highest BCUT2D eigenvalue weighted by atomic mass is 16.6. The highest BCUT2D eigenvalue weighted by Gasteiger charge is 2.15. The van der Waals surface area contributed by atoms with E-state index in [1.807, 2.05) is 26.0 Å². The van der Waals surface area contributed by atoms with Crippen molar-refractivity contribution in [2.45, 2.75) is 13.8 Å². The van der Waals surface area contributed by atoms with E-state index in [4.69, 9.17) is 0 Å². The second-order valence-electron chi connectivity index (χ2n) is 5.64. The third-order valence-corrected chi connectivity index (χ3v) is 3.75. The van der Waals surface area contributed by atoms with Crippen LogP contribution in [0.4, 0.5) is 11.4 Å². The number of non-ortho nitro benzene ring substituents is 1. The molecular formula is C17H14N4O4. The zero-order valence-electron chi connectivity index (χ0n) is 13.5. The molecule has 1 aromatic heterocycles. The van der Waals surface area contributed by atoms with E-state index in [0.29, 0.717) is 10.9 Å². The van der Waals surface area contributed by atoms with Crippen molar-refractivity contribution >= 4 is 28.2 Å². The third kappa shape index (κ3) is 3.09. The quantitative estimate of drug-likeness (QED) is 0.419. The molecule has 0 aliphatic rings. The van der Waals surface area contributed by atoms with Gasteiger partial charge in [0.05, 0.1) is 16.0 Å². The summed E-state index contributed by atoms with van der Waals surface area (Å²) in [5, 5.41) is 28.9. The Bertz CT molecular complexity index is 1040. The molecule has 0 saturated carbocycles. The van der Waals surface area contributed by atoms with Gasteiger partial charge in [0.2, 0.25) is 5.88 Å². The van der Waals surface area contributed by atoms with Gasteiger partial charge in [0, 0.05) is 17.5 Å². The first-order valence-electron chi connectivity index (χ1n) is 7.39. The van der Waals surface area contributed by atoms with Crippen molar-refractivity contribution in [2.24, 2.45) is 10.2 Å². The van der Waals surface area contributed by atoms with E-state index >= 15 is 0 Å². The second-order valence-corrected chi connectivity index (χ2v) is 5.64. The number of aryl methyl sites for hydroxylation is 2. The number of nitrogens with one attached hydrogen (secondary N) is 1. The zero-order chi connectivity index (χ0) is 18.1. The molecule has 1 amide bonds. The molecule has 0 saturated heterocycles. The number of nitro groups is 1. The van der Waals surface area contributed by atoms with Gasteiger partial charge in [-0.1, -0.05) is 17.7 Å². The molecule has 0 fully saturated rings. The van der Waals surface area contributed by atoms with Crippen LogP contribution in [0.1, 0.15) is 21.5 Å². The average Bonchev–Trinajstić information content (AvgIpc) is 2.88. The number of carbonyl (C=O) groups excluding carboxylic acids is 1. The molecule has 0 atom stereocenters. The van der Waals surface area contributed by atoms with E-state index in [1.165, 1.54) is 18.2 Å². The number of aromatic hydroxyl groups is 1. The van der Waals surface area contributed by atoms with Crippen molar-refractivity contribution in [1.82, 2.24) is 4.98 Å². The normalized spacial score (nSPS) is 11.3. The molecule has 1 heterocycles. The molecule has 0 bridgehead atoms. The number of hydrogen-bond donors (Lipinski definition) is 2. The maximum Gasteiger partial charge on any atom is 0.295 e. The molecule has 126 valence electrons. The van der Waals surface area contributed by atoms with Gasteiger partial charge in [0.15, 0.2) is 5.69 Å². The molecule has 8 nitrogen and oxygen atoms in total. The summed E-state index contributed by atoms with van der Waals surface area (Å²) in [6, 6.07) is 9.00. The summed E-state index contributed by atoms with van der Waals surface area (Å²) in [4.78, 5) is 25.1. The van der Waals surface area contributed by atoms with Gasteiger partial charge in [0.25, 0.3) is 11.6 Å². The number of H-pyrrole nitrogens is 1. The van der Waals surface area contributed by atoms with Crippen molar-refractivity contribution in [3.05, 3.63) is 63.2 Å². The van der Waals surface area contributed by atoms with Gasteiger partial charge in [-0.05, 0) is 31.5 Å². The molecule has 25 heavy (non-hydrogen) atoms. The lowest BCUT2D eigenvalue weighted by Crippen LogP contribution is -1.95. The smallest absolute Gasteiger partial charge is 0.295 e. The van der Waals surface area contributed by atoms with Gasteiger partial charge in [-0.15, -0.1) is 10.2 Å². The van der Waals surface area contributed by atoms with Crippen LogP contribution in [0.15, 0.2) is 46.6 Å². The fourth-order valence-electron chi connectivity index (χ4n) is 2.63. The minimum absolute atomic E-state index is 0.0460. The number of rotatable bonds is 3. The predicted octanol–water partition coefficient (Wildman–Crippen LogP) is 4.32. The lowest BCUT2D eigenvalue weighted by molar-refractivity contribution is -0.384. The van der Waals surface area contributed by atoms with Crippen molar-refractivity contribution in [1.29, 1.82) is 0 Å². The first kappa shape index (κ1) is 16.3. The van der Waals surface area contributed by atoms with Gasteiger partial charge < -0.3 is 10.1 Å². The Labute approximate surface area is 142 Å². The first-order valence-corrected chi connectivity index (χ1v) is 7.39. The summed E-state index contributed by atoms with van der Waals surface area (Å²) in [5.74, 6) is -0.930. The summed E-state index contributed by atoms with van der Waals surface area (Å²) in [7, 11) is 0. The number of fused-ring (bicyclic) bond motifs is 1. The Morgan fingerprint density at radius 2 is 2.00 bits per heavy atom. The fourth-order valence-corrected chi connectivity index (χ4v) is 2.63. The predicted molar refractivity (Wildman–Crippen MR) is 91.4 cm³/mol. The van der Waals surface area contributed by atoms with E-state index in [0.717, 1.165) is 17.2 Å². The minimum Gasteiger partial charge on any atom is -0.493 e. The van der Waals surface area contributed by atoms with E-state index in [-0.39, 0.29) is 22.8 Å². The molecule has 3 rings (SSSR count). The maximum absolute atomic E-state index is 12.1. The number of azo groups is 1. The topological polar surface area (TPSA) is 121 Å². The van der Waals surface area contributed by atoms with Crippen LogP contribution < -0.4 is 0 Å². The average molecular weight is 338 g/mol. The van der Waals surface area contributed by atoms with Crippen molar-refractivity contribution in [2.75, 3.05) is 0 Å². The summed E-state index contributed by atoms with van der Waals surface area (Å²) in [6.45, 7) is 3.80. The van der Waals surface area contributed by atoms with Gasteiger partial charge in [0.1, 0.15) is 0 Å². The zero-order valence-corrected chi connectivity index (χ0v) is 13.5. The number of aromatic nitrogens is 1. The van der Waals surface area contributed by atoms with Crippen LogP contribution in [0.25, 0.3) is 10.9 Å². The molecule has 0 spiro atoms. The molecule has 0 radical (unpaired) electrons. The summed E-state index contributed by atoms with van der Waals surface area (Å²) in [5.41, 5.74) is 2.61. The highest BCUT2D eigenvalue weighted by Crippen LogP contribution is 2.37. The molecule has 2 N–H and O–H groups in total. The molecular weight excluding hydrogens is 324 g/mol. The lowest BCUT2D eigenvalue weighted by Gasteiger charge is -1.99. The van der Waals surface area contributed by atoms with Gasteiger partial charge in [-0.2, -0.15) is 0 Å².